The predicted molar refractivity (Wildman–Crippen MR) is 120 cm³/mol. The number of carbonyl (C=O) groups is 3. The van der Waals surface area contributed by atoms with Gasteiger partial charge in [0.1, 0.15) is 17.5 Å². The maximum Gasteiger partial charge on any atom is 0.329 e. The lowest BCUT2D eigenvalue weighted by Crippen LogP contribution is -2.46. The summed E-state index contributed by atoms with van der Waals surface area (Å²) >= 11 is 0. The van der Waals surface area contributed by atoms with Crippen LogP contribution in [0, 0.1) is 5.92 Å². The van der Waals surface area contributed by atoms with Gasteiger partial charge in [0.15, 0.2) is 6.61 Å². The minimum absolute atomic E-state index is 0.231. The molecule has 2 aromatic rings. The van der Waals surface area contributed by atoms with E-state index in [1.54, 1.807) is 32.0 Å². The Labute approximate surface area is 188 Å². The van der Waals surface area contributed by atoms with Gasteiger partial charge in [0, 0.05) is 11.6 Å². The number of hydrogen-bond acceptors (Lipinski definition) is 6. The van der Waals surface area contributed by atoms with Gasteiger partial charge in [-0.25, -0.2) is 4.79 Å². The third kappa shape index (κ3) is 7.01. The molecule has 0 fully saturated rings. The van der Waals surface area contributed by atoms with Crippen molar-refractivity contribution < 1.29 is 28.6 Å². The molecule has 8 heteroatoms. The SMILES string of the molecule is COc1cc(OC)cc(C(=O)N[C@H](C(=O)OCC(=O)N[C@@H](C)c2ccccc2)C(C)C)c1. The summed E-state index contributed by atoms with van der Waals surface area (Å²) in [5, 5.41) is 5.45. The molecule has 0 aliphatic rings. The van der Waals surface area contributed by atoms with Crippen molar-refractivity contribution in [1.29, 1.82) is 0 Å². The molecule has 0 radical (unpaired) electrons. The van der Waals surface area contributed by atoms with Crippen molar-refractivity contribution in [3.63, 3.8) is 0 Å². The van der Waals surface area contributed by atoms with E-state index >= 15 is 0 Å². The first-order valence-corrected chi connectivity index (χ1v) is 10.3. The summed E-state index contributed by atoms with van der Waals surface area (Å²) in [4.78, 5) is 37.5. The second-order valence-corrected chi connectivity index (χ2v) is 7.60. The largest absolute Gasteiger partial charge is 0.497 e. The van der Waals surface area contributed by atoms with E-state index in [0.29, 0.717) is 11.5 Å². The van der Waals surface area contributed by atoms with Crippen LogP contribution in [0.25, 0.3) is 0 Å². The van der Waals surface area contributed by atoms with Gasteiger partial charge in [0.2, 0.25) is 0 Å². The van der Waals surface area contributed by atoms with E-state index in [2.05, 4.69) is 10.6 Å². The van der Waals surface area contributed by atoms with E-state index in [-0.39, 0.29) is 17.5 Å². The lowest BCUT2D eigenvalue weighted by atomic mass is 10.0. The molecule has 0 aliphatic heterocycles. The molecule has 0 unspecified atom stereocenters. The number of ether oxygens (including phenoxy) is 3. The number of rotatable bonds is 10. The maximum absolute atomic E-state index is 12.7. The first-order valence-electron chi connectivity index (χ1n) is 10.3. The Morgan fingerprint density at radius 1 is 0.875 bits per heavy atom. The molecular weight excluding hydrogens is 412 g/mol. The van der Waals surface area contributed by atoms with Crippen molar-refractivity contribution in [3.05, 3.63) is 59.7 Å². The summed E-state index contributed by atoms with van der Waals surface area (Å²) in [7, 11) is 2.96. The number of benzene rings is 2. The zero-order chi connectivity index (χ0) is 23.7. The van der Waals surface area contributed by atoms with Crippen LogP contribution in [0.3, 0.4) is 0 Å². The molecule has 2 amide bonds. The fraction of sp³-hybridized carbons (Fsp3) is 0.375. The van der Waals surface area contributed by atoms with E-state index in [4.69, 9.17) is 14.2 Å². The molecule has 0 saturated heterocycles. The quantitative estimate of drug-likeness (QED) is 0.549. The van der Waals surface area contributed by atoms with Gasteiger partial charge < -0.3 is 24.8 Å². The normalized spacial score (nSPS) is 12.4. The highest BCUT2D eigenvalue weighted by Crippen LogP contribution is 2.22. The number of amides is 2. The molecule has 0 aromatic heterocycles. The van der Waals surface area contributed by atoms with Crippen LogP contribution in [0.2, 0.25) is 0 Å². The molecule has 2 N–H and O–H groups in total. The van der Waals surface area contributed by atoms with E-state index in [1.807, 2.05) is 37.3 Å². The molecule has 0 bridgehead atoms. The highest BCUT2D eigenvalue weighted by molar-refractivity contribution is 5.97. The zero-order valence-corrected chi connectivity index (χ0v) is 19.0. The van der Waals surface area contributed by atoms with Gasteiger partial charge in [-0.3, -0.25) is 9.59 Å². The van der Waals surface area contributed by atoms with Crippen LogP contribution in [0.5, 0.6) is 11.5 Å². The topological polar surface area (TPSA) is 103 Å². The molecule has 172 valence electrons. The fourth-order valence-corrected chi connectivity index (χ4v) is 3.00. The molecule has 0 heterocycles. The number of hydrogen-bond donors (Lipinski definition) is 2. The summed E-state index contributed by atoms with van der Waals surface area (Å²) in [6.45, 7) is 4.95. The first kappa shape index (κ1) is 24.7. The van der Waals surface area contributed by atoms with Crippen molar-refractivity contribution in [2.75, 3.05) is 20.8 Å². The lowest BCUT2D eigenvalue weighted by molar-refractivity contribution is -0.151. The summed E-state index contributed by atoms with van der Waals surface area (Å²) < 4.78 is 15.5. The third-order valence-electron chi connectivity index (χ3n) is 4.84. The predicted octanol–water partition coefficient (Wildman–Crippen LogP) is 2.88. The molecule has 8 nitrogen and oxygen atoms in total. The number of carbonyl (C=O) groups excluding carboxylic acids is 3. The van der Waals surface area contributed by atoms with E-state index in [0.717, 1.165) is 5.56 Å². The van der Waals surface area contributed by atoms with Crippen molar-refractivity contribution in [2.45, 2.75) is 32.9 Å². The van der Waals surface area contributed by atoms with Crippen LogP contribution >= 0.6 is 0 Å². The first-order chi connectivity index (χ1) is 15.2. The monoisotopic (exact) mass is 442 g/mol. The second kappa shape index (κ2) is 11.7. The van der Waals surface area contributed by atoms with Gasteiger partial charge in [-0.2, -0.15) is 0 Å². The standard InChI is InChI=1S/C24H30N2O6/c1-15(2)22(26-23(28)18-11-19(30-4)13-20(12-18)31-5)24(29)32-14-21(27)25-16(3)17-9-7-6-8-10-17/h6-13,15-16,22H,14H2,1-5H3,(H,25,27)(H,26,28)/t16-,22-/m0/s1. The smallest absolute Gasteiger partial charge is 0.329 e. The van der Waals surface area contributed by atoms with Crippen LogP contribution in [0.15, 0.2) is 48.5 Å². The molecule has 0 saturated carbocycles. The average molecular weight is 443 g/mol. The summed E-state index contributed by atoms with van der Waals surface area (Å²) in [6.07, 6.45) is 0. The molecule has 2 rings (SSSR count). The summed E-state index contributed by atoms with van der Waals surface area (Å²) in [5.74, 6) is -0.971. The molecule has 2 atom stereocenters. The number of methoxy groups -OCH3 is 2. The Kier molecular flexibility index (Phi) is 9.07. The number of esters is 1. The van der Waals surface area contributed by atoms with Crippen molar-refractivity contribution in [2.24, 2.45) is 5.92 Å². The molecule has 32 heavy (non-hydrogen) atoms. The van der Waals surface area contributed by atoms with E-state index in [1.165, 1.54) is 14.2 Å². The van der Waals surface area contributed by atoms with Crippen LogP contribution in [-0.4, -0.2) is 44.7 Å². The van der Waals surface area contributed by atoms with Crippen molar-refractivity contribution in [3.8, 4) is 11.5 Å². The van der Waals surface area contributed by atoms with Gasteiger partial charge in [-0.1, -0.05) is 44.2 Å². The van der Waals surface area contributed by atoms with Gasteiger partial charge in [-0.15, -0.1) is 0 Å². The maximum atomic E-state index is 12.7. The fourth-order valence-electron chi connectivity index (χ4n) is 3.00. The lowest BCUT2D eigenvalue weighted by Gasteiger charge is -2.21. The van der Waals surface area contributed by atoms with Crippen molar-refractivity contribution in [1.82, 2.24) is 10.6 Å². The number of nitrogens with one attached hydrogen (secondary N) is 2. The van der Waals surface area contributed by atoms with E-state index in [9.17, 15) is 14.4 Å². The Morgan fingerprint density at radius 2 is 1.47 bits per heavy atom. The van der Waals surface area contributed by atoms with Crippen molar-refractivity contribution >= 4 is 17.8 Å². The van der Waals surface area contributed by atoms with Gasteiger partial charge in [-0.05, 0) is 30.5 Å². The van der Waals surface area contributed by atoms with Crippen LogP contribution in [-0.2, 0) is 14.3 Å². The molecule has 0 aliphatic carbocycles. The van der Waals surface area contributed by atoms with Gasteiger partial charge in [0.05, 0.1) is 20.3 Å². The molecule has 2 aromatic carbocycles. The minimum atomic E-state index is -0.931. The average Bonchev–Trinajstić information content (AvgIpc) is 2.80. The second-order valence-electron chi connectivity index (χ2n) is 7.60. The Bertz CT molecular complexity index is 907. The highest BCUT2D eigenvalue weighted by atomic mass is 16.5. The van der Waals surface area contributed by atoms with Crippen LogP contribution < -0.4 is 20.1 Å². The highest BCUT2D eigenvalue weighted by Gasteiger charge is 2.27. The van der Waals surface area contributed by atoms with Gasteiger partial charge >= 0.3 is 5.97 Å². The Morgan fingerprint density at radius 3 is 2.00 bits per heavy atom. The third-order valence-corrected chi connectivity index (χ3v) is 4.84. The summed E-state index contributed by atoms with van der Waals surface area (Å²) in [5.41, 5.74) is 1.21. The molecule has 0 spiro atoms. The Balaban J connectivity index is 1.97. The molecular formula is C24H30N2O6. The van der Waals surface area contributed by atoms with Crippen LogP contribution in [0.4, 0.5) is 0 Å². The van der Waals surface area contributed by atoms with E-state index < -0.39 is 30.4 Å². The zero-order valence-electron chi connectivity index (χ0n) is 19.0. The minimum Gasteiger partial charge on any atom is -0.497 e. The van der Waals surface area contributed by atoms with Gasteiger partial charge in [0.25, 0.3) is 11.8 Å². The summed E-state index contributed by atoms with van der Waals surface area (Å²) in [6, 6.07) is 13.0. The Hall–Kier alpha value is -3.55. The van der Waals surface area contributed by atoms with Crippen LogP contribution in [0.1, 0.15) is 42.7 Å².